The Hall–Kier alpha value is -3.70. The highest BCUT2D eigenvalue weighted by atomic mass is 32.2. The maximum atomic E-state index is 13.3. The molecule has 0 radical (unpaired) electrons. The molecule has 35 heavy (non-hydrogen) atoms. The number of amides is 2. The average molecular weight is 497 g/mol. The number of hydrogen-bond acceptors (Lipinski definition) is 7. The van der Waals surface area contributed by atoms with Gasteiger partial charge in [0.1, 0.15) is 4.90 Å². The van der Waals surface area contributed by atoms with Crippen LogP contribution in [0.2, 0.25) is 0 Å². The minimum Gasteiger partial charge on any atom is -0.454 e. The molecule has 2 aliphatic rings. The van der Waals surface area contributed by atoms with E-state index >= 15 is 0 Å². The summed E-state index contributed by atoms with van der Waals surface area (Å²) in [6, 6.07) is 11.8. The first-order valence-electron chi connectivity index (χ1n) is 11.1. The Kier molecular flexibility index (Phi) is 6.03. The molecule has 0 unspecified atom stereocenters. The van der Waals surface area contributed by atoms with Crippen LogP contribution in [0.25, 0.3) is 10.9 Å². The molecule has 5 rings (SSSR count). The molecule has 2 aromatic carbocycles. The fourth-order valence-electron chi connectivity index (χ4n) is 4.18. The van der Waals surface area contributed by atoms with Gasteiger partial charge in [0.2, 0.25) is 22.7 Å². The van der Waals surface area contributed by atoms with Crippen LogP contribution in [0.5, 0.6) is 11.5 Å². The van der Waals surface area contributed by atoms with E-state index in [2.05, 4.69) is 10.3 Å². The number of pyridine rings is 1. The second-order valence-electron chi connectivity index (χ2n) is 8.38. The molecule has 10 nitrogen and oxygen atoms in total. The average Bonchev–Trinajstić information content (AvgIpc) is 3.34. The lowest BCUT2D eigenvalue weighted by Crippen LogP contribution is -2.52. The Morgan fingerprint density at radius 3 is 2.60 bits per heavy atom. The molecule has 2 aliphatic heterocycles. The summed E-state index contributed by atoms with van der Waals surface area (Å²) in [6.45, 7) is 2.61. The number of aryl methyl sites for hydroxylation is 1. The zero-order valence-corrected chi connectivity index (χ0v) is 19.9. The van der Waals surface area contributed by atoms with Gasteiger partial charge in [-0.2, -0.15) is 4.31 Å². The molecule has 11 heteroatoms. The van der Waals surface area contributed by atoms with Crippen LogP contribution in [0, 0.1) is 6.92 Å². The molecular weight excluding hydrogens is 472 g/mol. The van der Waals surface area contributed by atoms with E-state index in [-0.39, 0.29) is 50.3 Å². The second kappa shape index (κ2) is 9.16. The number of aromatic nitrogens is 1. The summed E-state index contributed by atoms with van der Waals surface area (Å²) in [5.74, 6) is 0.368. The van der Waals surface area contributed by atoms with Crippen LogP contribution in [-0.4, -0.2) is 73.9 Å². The lowest BCUT2D eigenvalue weighted by molar-refractivity contribution is -0.131. The molecule has 3 heterocycles. The van der Waals surface area contributed by atoms with Gasteiger partial charge in [0.25, 0.3) is 5.91 Å². The van der Waals surface area contributed by atoms with Gasteiger partial charge in [0.05, 0.1) is 12.1 Å². The predicted molar refractivity (Wildman–Crippen MR) is 127 cm³/mol. The number of para-hydroxylation sites is 1. The molecule has 0 aliphatic carbocycles. The Morgan fingerprint density at radius 2 is 1.80 bits per heavy atom. The van der Waals surface area contributed by atoms with E-state index in [0.29, 0.717) is 22.6 Å². The summed E-state index contributed by atoms with van der Waals surface area (Å²) in [4.78, 5) is 31.1. The fraction of sp³-hybridized carbons (Fsp3) is 0.292. The van der Waals surface area contributed by atoms with Gasteiger partial charge >= 0.3 is 0 Å². The fourth-order valence-corrected chi connectivity index (χ4v) is 5.76. The first kappa shape index (κ1) is 23.1. The van der Waals surface area contributed by atoms with Crippen LogP contribution >= 0.6 is 0 Å². The van der Waals surface area contributed by atoms with Crippen LogP contribution in [-0.2, 0) is 14.8 Å². The van der Waals surface area contributed by atoms with E-state index in [1.165, 1.54) is 4.31 Å². The van der Waals surface area contributed by atoms with Crippen molar-refractivity contribution in [2.24, 2.45) is 0 Å². The number of nitrogens with one attached hydrogen (secondary N) is 1. The maximum absolute atomic E-state index is 13.3. The molecule has 1 saturated heterocycles. The molecule has 0 spiro atoms. The molecular formula is C24H24N4O6S. The van der Waals surface area contributed by atoms with E-state index in [4.69, 9.17) is 9.47 Å². The van der Waals surface area contributed by atoms with Gasteiger partial charge in [-0.25, -0.2) is 8.42 Å². The summed E-state index contributed by atoms with van der Waals surface area (Å²) in [5.41, 5.74) is 1.74. The van der Waals surface area contributed by atoms with Crippen LogP contribution in [0.15, 0.2) is 53.6 Å². The summed E-state index contributed by atoms with van der Waals surface area (Å²) in [6.07, 6.45) is 1.65. The predicted octanol–water partition coefficient (Wildman–Crippen LogP) is 1.53. The van der Waals surface area contributed by atoms with Crippen LogP contribution < -0.4 is 14.8 Å². The molecule has 2 amide bonds. The second-order valence-corrected chi connectivity index (χ2v) is 10.3. The number of hydrogen-bond donors (Lipinski definition) is 1. The summed E-state index contributed by atoms with van der Waals surface area (Å²) < 4.78 is 38.5. The molecule has 1 N–H and O–H groups in total. The highest BCUT2D eigenvalue weighted by Crippen LogP contribution is 2.32. The number of piperazine rings is 1. The third kappa shape index (κ3) is 4.52. The van der Waals surface area contributed by atoms with Crippen molar-refractivity contribution in [3.63, 3.8) is 0 Å². The van der Waals surface area contributed by atoms with Gasteiger partial charge in [-0.15, -0.1) is 0 Å². The summed E-state index contributed by atoms with van der Waals surface area (Å²) in [5, 5.41) is 3.37. The van der Waals surface area contributed by atoms with Crippen molar-refractivity contribution >= 4 is 32.7 Å². The van der Waals surface area contributed by atoms with Gasteiger partial charge in [-0.3, -0.25) is 14.6 Å². The van der Waals surface area contributed by atoms with Crippen molar-refractivity contribution in [1.82, 2.24) is 19.5 Å². The monoisotopic (exact) mass is 496 g/mol. The number of carbonyl (C=O) groups excluding carboxylic acids is 2. The number of ether oxygens (including phenoxy) is 2. The lowest BCUT2D eigenvalue weighted by atomic mass is 10.2. The number of sulfonamides is 1. The van der Waals surface area contributed by atoms with Crippen molar-refractivity contribution in [3.8, 4) is 11.5 Å². The molecule has 182 valence electrons. The number of fused-ring (bicyclic) bond motifs is 2. The minimum atomic E-state index is -3.78. The van der Waals surface area contributed by atoms with Crippen molar-refractivity contribution in [2.45, 2.75) is 11.8 Å². The van der Waals surface area contributed by atoms with Crippen molar-refractivity contribution < 1.29 is 27.5 Å². The van der Waals surface area contributed by atoms with Gasteiger partial charge in [0, 0.05) is 43.3 Å². The van der Waals surface area contributed by atoms with Gasteiger partial charge in [-0.05, 0) is 42.8 Å². The number of benzene rings is 2. The van der Waals surface area contributed by atoms with Crippen LogP contribution in [0.4, 0.5) is 0 Å². The van der Waals surface area contributed by atoms with E-state index in [9.17, 15) is 18.0 Å². The van der Waals surface area contributed by atoms with Crippen molar-refractivity contribution in [3.05, 3.63) is 59.8 Å². The van der Waals surface area contributed by atoms with Crippen molar-refractivity contribution in [1.29, 1.82) is 0 Å². The quantitative estimate of drug-likeness (QED) is 0.569. The first-order chi connectivity index (χ1) is 16.8. The van der Waals surface area contributed by atoms with Gasteiger partial charge in [0.15, 0.2) is 11.5 Å². The number of rotatable bonds is 5. The van der Waals surface area contributed by atoms with Crippen molar-refractivity contribution in [2.75, 3.05) is 39.5 Å². The Morgan fingerprint density at radius 1 is 1.03 bits per heavy atom. The van der Waals surface area contributed by atoms with Crippen LogP contribution in [0.3, 0.4) is 0 Å². The topological polar surface area (TPSA) is 118 Å². The largest absolute Gasteiger partial charge is 0.454 e. The normalized spacial score (nSPS) is 15.9. The molecule has 0 atom stereocenters. The Balaban J connectivity index is 1.19. The van der Waals surface area contributed by atoms with E-state index in [0.717, 1.165) is 10.9 Å². The molecule has 1 aromatic heterocycles. The van der Waals surface area contributed by atoms with Crippen LogP contribution in [0.1, 0.15) is 15.9 Å². The Bertz CT molecular complexity index is 1420. The molecule has 1 fully saturated rings. The number of carbonyl (C=O) groups is 2. The highest BCUT2D eigenvalue weighted by Gasteiger charge is 2.31. The third-order valence-corrected chi connectivity index (χ3v) is 7.98. The third-order valence-electron chi connectivity index (χ3n) is 6.05. The number of nitrogens with zero attached hydrogens (tertiary/aromatic N) is 3. The standard InChI is InChI=1S/C24H24N4O6S/c1-16-11-17-3-2-4-21(23(17)25-13-16)35(31,32)28-9-7-27(8-10-28)22(29)14-26-24(30)18-5-6-19-20(12-18)34-15-33-19/h2-6,11-13H,7-10,14-15H2,1H3,(H,26,30). The lowest BCUT2D eigenvalue weighted by Gasteiger charge is -2.34. The zero-order valence-electron chi connectivity index (χ0n) is 19.1. The van der Waals surface area contributed by atoms with Gasteiger partial charge < -0.3 is 19.7 Å². The van der Waals surface area contributed by atoms with E-state index in [1.807, 2.05) is 19.1 Å². The first-order valence-corrected chi connectivity index (χ1v) is 12.6. The zero-order chi connectivity index (χ0) is 24.6. The Labute approximate surface area is 202 Å². The minimum absolute atomic E-state index is 0.108. The SMILES string of the molecule is Cc1cnc2c(S(=O)(=O)N3CCN(C(=O)CNC(=O)c4ccc5c(c4)OCO5)CC3)cccc2c1. The van der Waals surface area contributed by atoms with E-state index in [1.54, 1.807) is 41.4 Å². The van der Waals surface area contributed by atoms with E-state index < -0.39 is 15.9 Å². The summed E-state index contributed by atoms with van der Waals surface area (Å²) >= 11 is 0. The maximum Gasteiger partial charge on any atom is 0.251 e. The molecule has 3 aromatic rings. The molecule has 0 bridgehead atoms. The molecule has 0 saturated carbocycles. The van der Waals surface area contributed by atoms with Gasteiger partial charge in [-0.1, -0.05) is 12.1 Å². The summed E-state index contributed by atoms with van der Waals surface area (Å²) in [7, 11) is -3.78. The highest BCUT2D eigenvalue weighted by molar-refractivity contribution is 7.89. The smallest absolute Gasteiger partial charge is 0.251 e.